The van der Waals surface area contributed by atoms with Crippen LogP contribution in [0.3, 0.4) is 0 Å². The Morgan fingerprint density at radius 3 is 2.67 bits per heavy atom. The number of carbonyl (C=O) groups excluding carboxylic acids is 1. The van der Waals surface area contributed by atoms with Gasteiger partial charge in [-0.2, -0.15) is 0 Å². The maximum absolute atomic E-state index is 11.5. The van der Waals surface area contributed by atoms with Gasteiger partial charge in [-0.25, -0.2) is 0 Å². The Morgan fingerprint density at radius 1 is 1.37 bits per heavy atom. The quantitative estimate of drug-likeness (QED) is 0.196. The molecule has 1 atom stereocenters. The topological polar surface area (TPSA) is 151 Å². The molecule has 1 N–H and O–H groups in total. The molecule has 0 aliphatic heterocycles. The Labute approximate surface area is 160 Å². The summed E-state index contributed by atoms with van der Waals surface area (Å²) in [5.41, 5.74) is 0.528. The summed E-state index contributed by atoms with van der Waals surface area (Å²) in [6.07, 6.45) is 0. The predicted molar refractivity (Wildman–Crippen MR) is 97.8 cm³/mol. The lowest BCUT2D eigenvalue weighted by molar-refractivity contribution is -0.384. The second kappa shape index (κ2) is 10.0. The number of hydrogen-bond donors (Lipinski definition) is 1. The number of benzene rings is 1. The average molecular weight is 414 g/mol. The number of aromatic nitrogens is 2. The molecule has 0 aliphatic carbocycles. The van der Waals surface area contributed by atoms with Crippen molar-refractivity contribution in [2.75, 3.05) is 30.5 Å². The molecule has 0 saturated heterocycles. The summed E-state index contributed by atoms with van der Waals surface area (Å²) >= 11 is -1.55. The lowest BCUT2D eigenvalue weighted by Crippen LogP contribution is -2.35. The van der Waals surface area contributed by atoms with Gasteiger partial charge in [-0.05, 0) is 19.1 Å². The first-order valence-electron chi connectivity index (χ1n) is 7.74. The van der Waals surface area contributed by atoms with Crippen molar-refractivity contribution in [2.45, 2.75) is 6.92 Å². The van der Waals surface area contributed by atoms with Crippen molar-refractivity contribution in [3.8, 4) is 10.6 Å². The van der Waals surface area contributed by atoms with Crippen molar-refractivity contribution in [1.29, 1.82) is 0 Å². The molecule has 1 aromatic carbocycles. The summed E-state index contributed by atoms with van der Waals surface area (Å²) in [6.45, 7) is 2.19. The van der Waals surface area contributed by atoms with Gasteiger partial charge in [0.1, 0.15) is 5.01 Å². The van der Waals surface area contributed by atoms with Crippen LogP contribution < -0.4 is 9.62 Å². The number of non-ortho nitro benzene ring substituents is 1. The van der Waals surface area contributed by atoms with E-state index < -0.39 is 22.2 Å². The van der Waals surface area contributed by atoms with Crippen LogP contribution >= 0.6 is 11.3 Å². The molecule has 1 unspecified atom stereocenters. The summed E-state index contributed by atoms with van der Waals surface area (Å²) in [4.78, 5) is 21.4. The number of rotatable bonds is 10. The third-order valence-electron chi connectivity index (χ3n) is 3.20. The largest absolute Gasteiger partial charge is 0.755 e. The predicted octanol–water partition coefficient (Wildman–Crippen LogP) is 0.866. The molecule has 0 radical (unpaired) electrons. The molecular formula is C14H16N5O6S2-. The number of ether oxygens (including phenoxy) is 1. The van der Waals surface area contributed by atoms with E-state index in [1.54, 1.807) is 6.92 Å². The number of nitrogens with one attached hydrogen (secondary N) is 1. The standard InChI is InChI=1S/C14H17N5O6S2/c1-2-25-12(20)9-15-7-8-18(27(23)24)14-17-16-13(26-14)10-3-5-11(6-4-10)19(21)22/h3-6,15H,2,7-9H2,1H3,(H,23,24)/p-1. The summed E-state index contributed by atoms with van der Waals surface area (Å²) in [5, 5.41) is 21.8. The van der Waals surface area contributed by atoms with Gasteiger partial charge in [0, 0.05) is 42.1 Å². The molecule has 0 fully saturated rings. The molecule has 0 saturated carbocycles. The van der Waals surface area contributed by atoms with E-state index >= 15 is 0 Å². The zero-order valence-electron chi connectivity index (χ0n) is 14.2. The van der Waals surface area contributed by atoms with Crippen LogP contribution in [0.15, 0.2) is 24.3 Å². The maximum Gasteiger partial charge on any atom is 0.319 e. The Bertz CT molecular complexity index is 813. The van der Waals surface area contributed by atoms with Gasteiger partial charge in [0.2, 0.25) is 5.13 Å². The minimum absolute atomic E-state index is 0.0304. The lowest BCUT2D eigenvalue weighted by atomic mass is 10.2. The third kappa shape index (κ3) is 6.02. The fourth-order valence-electron chi connectivity index (χ4n) is 1.98. The van der Waals surface area contributed by atoms with Gasteiger partial charge in [0.15, 0.2) is 0 Å². The fraction of sp³-hybridized carbons (Fsp3) is 0.357. The molecule has 0 bridgehead atoms. The highest BCUT2D eigenvalue weighted by molar-refractivity contribution is 7.80. The monoisotopic (exact) mass is 414 g/mol. The number of hydrogen-bond acceptors (Lipinski definition) is 10. The van der Waals surface area contributed by atoms with E-state index in [4.69, 9.17) is 4.74 Å². The van der Waals surface area contributed by atoms with Crippen LogP contribution in [-0.2, 0) is 20.8 Å². The zero-order chi connectivity index (χ0) is 19.8. The SMILES string of the molecule is CCOC(=O)CNCCN(c1nnc(-c2ccc([N+](=O)[O-])cc2)s1)S(=O)[O-]. The molecule has 2 rings (SSSR count). The molecule has 0 amide bonds. The first-order chi connectivity index (χ1) is 12.9. The van der Waals surface area contributed by atoms with E-state index in [0.29, 0.717) is 10.6 Å². The van der Waals surface area contributed by atoms with Crippen molar-refractivity contribution in [1.82, 2.24) is 15.5 Å². The highest BCUT2D eigenvalue weighted by Crippen LogP contribution is 2.30. The summed E-state index contributed by atoms with van der Waals surface area (Å²) < 4.78 is 28.7. The van der Waals surface area contributed by atoms with Crippen LogP contribution in [0.2, 0.25) is 0 Å². The van der Waals surface area contributed by atoms with Crippen LogP contribution in [0.4, 0.5) is 10.8 Å². The number of nitro benzene ring substituents is 1. The van der Waals surface area contributed by atoms with Crippen LogP contribution in [0.25, 0.3) is 10.6 Å². The van der Waals surface area contributed by atoms with Gasteiger partial charge in [0.25, 0.3) is 5.69 Å². The fourth-order valence-corrected chi connectivity index (χ4v) is 3.46. The van der Waals surface area contributed by atoms with Crippen molar-refractivity contribution in [2.24, 2.45) is 0 Å². The van der Waals surface area contributed by atoms with E-state index in [0.717, 1.165) is 15.6 Å². The van der Waals surface area contributed by atoms with Crippen LogP contribution in [0, 0.1) is 10.1 Å². The molecular weight excluding hydrogens is 398 g/mol. The van der Waals surface area contributed by atoms with Gasteiger partial charge in [-0.15, -0.1) is 10.2 Å². The molecule has 1 heterocycles. The van der Waals surface area contributed by atoms with Gasteiger partial charge >= 0.3 is 5.97 Å². The van der Waals surface area contributed by atoms with Gasteiger partial charge in [-0.1, -0.05) is 11.3 Å². The van der Waals surface area contributed by atoms with E-state index in [1.807, 2.05) is 0 Å². The molecule has 27 heavy (non-hydrogen) atoms. The summed E-state index contributed by atoms with van der Waals surface area (Å²) in [6, 6.07) is 5.70. The van der Waals surface area contributed by atoms with Gasteiger partial charge < -0.3 is 14.6 Å². The van der Waals surface area contributed by atoms with Crippen LogP contribution in [-0.4, -0.2) is 56.1 Å². The lowest BCUT2D eigenvalue weighted by Gasteiger charge is -2.22. The van der Waals surface area contributed by atoms with E-state index in [9.17, 15) is 23.7 Å². The molecule has 11 nitrogen and oxygen atoms in total. The Kier molecular flexibility index (Phi) is 7.72. The third-order valence-corrected chi connectivity index (χ3v) is 5.03. The molecule has 146 valence electrons. The second-order valence-corrected chi connectivity index (χ2v) is 6.83. The molecule has 1 aromatic heterocycles. The van der Waals surface area contributed by atoms with Crippen LogP contribution in [0.5, 0.6) is 0 Å². The smallest absolute Gasteiger partial charge is 0.319 e. The Morgan fingerprint density at radius 2 is 2.07 bits per heavy atom. The van der Waals surface area contributed by atoms with Crippen molar-refractivity contribution >= 4 is 39.4 Å². The van der Waals surface area contributed by atoms with Crippen molar-refractivity contribution in [3.05, 3.63) is 34.4 Å². The number of nitrogens with zero attached hydrogens (tertiary/aromatic N) is 4. The number of carbonyl (C=O) groups is 1. The first kappa shape index (κ1) is 20.8. The summed E-state index contributed by atoms with van der Waals surface area (Å²) in [7, 11) is 0. The molecule has 13 heteroatoms. The van der Waals surface area contributed by atoms with E-state index in [2.05, 4.69) is 15.5 Å². The van der Waals surface area contributed by atoms with Crippen molar-refractivity contribution in [3.63, 3.8) is 0 Å². The number of anilines is 1. The molecule has 0 aliphatic rings. The summed E-state index contributed by atoms with van der Waals surface area (Å²) in [5.74, 6) is -0.427. The number of nitro groups is 1. The van der Waals surface area contributed by atoms with Gasteiger partial charge in [-0.3, -0.25) is 23.4 Å². The maximum atomic E-state index is 11.5. The highest BCUT2D eigenvalue weighted by Gasteiger charge is 2.15. The van der Waals surface area contributed by atoms with Crippen molar-refractivity contribution < 1.29 is 23.2 Å². The zero-order valence-corrected chi connectivity index (χ0v) is 15.8. The Hall–Kier alpha value is -2.48. The Balaban J connectivity index is 2.01. The van der Waals surface area contributed by atoms with Gasteiger partial charge in [0.05, 0.1) is 18.1 Å². The normalized spacial score (nSPS) is 11.8. The second-order valence-electron chi connectivity index (χ2n) is 4.99. The van der Waals surface area contributed by atoms with E-state index in [1.165, 1.54) is 24.3 Å². The van der Waals surface area contributed by atoms with E-state index in [-0.39, 0.29) is 37.1 Å². The number of esters is 1. The van der Waals surface area contributed by atoms with Crippen LogP contribution in [0.1, 0.15) is 6.92 Å². The molecule has 0 spiro atoms. The first-order valence-corrected chi connectivity index (χ1v) is 9.58. The minimum Gasteiger partial charge on any atom is -0.755 e. The highest BCUT2D eigenvalue weighted by atomic mass is 32.2. The minimum atomic E-state index is -2.58. The molecule has 2 aromatic rings. The average Bonchev–Trinajstić information content (AvgIpc) is 3.11.